The molecule has 1 spiro atoms. The van der Waals surface area contributed by atoms with Crippen LogP contribution in [0.15, 0.2) is 12.4 Å². The van der Waals surface area contributed by atoms with Gasteiger partial charge in [0.1, 0.15) is 5.15 Å². The first-order chi connectivity index (χ1) is 14.6. The molecule has 8 nitrogen and oxygen atoms in total. The highest BCUT2D eigenvalue weighted by atomic mass is 35.5. The minimum absolute atomic E-state index is 0.0222. The summed E-state index contributed by atoms with van der Waals surface area (Å²) in [6.45, 7) is 1.41. The fraction of sp³-hybridized carbons (Fsp3) is 0.550. The Morgan fingerprint density at radius 1 is 1.03 bits per heavy atom. The van der Waals surface area contributed by atoms with E-state index in [-0.39, 0.29) is 16.3 Å². The summed E-state index contributed by atoms with van der Waals surface area (Å²) in [6.07, 6.45) is 8.95. The number of carbonyl (C=O) groups is 1. The van der Waals surface area contributed by atoms with Crippen LogP contribution in [0.4, 0.5) is 17.5 Å². The highest BCUT2D eigenvalue weighted by molar-refractivity contribution is 6.34. The van der Waals surface area contributed by atoms with Crippen LogP contribution in [0.5, 0.6) is 0 Å². The van der Waals surface area contributed by atoms with Crippen molar-refractivity contribution in [3.05, 3.63) is 28.4 Å². The number of anilines is 3. The number of carbonyl (C=O) groups excluding carboxylic acids is 1. The van der Waals surface area contributed by atoms with Crippen LogP contribution >= 0.6 is 23.2 Å². The van der Waals surface area contributed by atoms with Crippen molar-refractivity contribution in [2.45, 2.75) is 56.0 Å². The Balaban J connectivity index is 1.40. The lowest BCUT2D eigenvalue weighted by Gasteiger charge is -2.34. The second-order valence-corrected chi connectivity index (χ2v) is 9.18. The molecule has 2 aromatic heterocycles. The number of morpholine rings is 1. The summed E-state index contributed by atoms with van der Waals surface area (Å²) in [5.74, 6) is 1.08. The molecule has 2 bridgehead atoms. The highest BCUT2D eigenvalue weighted by Crippen LogP contribution is 2.54. The number of halogens is 2. The summed E-state index contributed by atoms with van der Waals surface area (Å²) >= 11 is 12.6. The van der Waals surface area contributed by atoms with Crippen molar-refractivity contribution in [1.29, 1.82) is 0 Å². The van der Waals surface area contributed by atoms with E-state index in [1.54, 1.807) is 17.3 Å². The molecule has 2 aromatic rings. The molecule has 2 atom stereocenters. The van der Waals surface area contributed by atoms with Gasteiger partial charge >= 0.3 is 0 Å². The lowest BCUT2D eigenvalue weighted by molar-refractivity contribution is -0.122. The van der Waals surface area contributed by atoms with Crippen LogP contribution in [0, 0.1) is 0 Å². The molecule has 2 unspecified atom stereocenters. The Kier molecular flexibility index (Phi) is 4.20. The topological polar surface area (TPSA) is 84.3 Å². The van der Waals surface area contributed by atoms with Gasteiger partial charge in [0.25, 0.3) is 0 Å². The van der Waals surface area contributed by atoms with Crippen LogP contribution in [-0.2, 0) is 14.9 Å². The van der Waals surface area contributed by atoms with E-state index in [1.807, 2.05) is 0 Å². The molecule has 2 saturated heterocycles. The first-order valence-corrected chi connectivity index (χ1v) is 11.1. The quantitative estimate of drug-likeness (QED) is 0.515. The summed E-state index contributed by atoms with van der Waals surface area (Å²) in [5.41, 5.74) is 0.575. The smallest absolute Gasteiger partial charge is 0.243 e. The summed E-state index contributed by atoms with van der Waals surface area (Å²) in [5, 5.41) is 0.277. The molecular formula is C20H20Cl2N6O2. The molecule has 5 heterocycles. The number of aromatic nitrogens is 4. The van der Waals surface area contributed by atoms with Crippen molar-refractivity contribution in [2.75, 3.05) is 23.0 Å². The minimum Gasteiger partial charge on any atom is -0.377 e. The highest BCUT2D eigenvalue weighted by Gasteiger charge is 2.55. The van der Waals surface area contributed by atoms with Crippen molar-refractivity contribution in [2.24, 2.45) is 0 Å². The largest absolute Gasteiger partial charge is 0.377 e. The molecule has 1 saturated carbocycles. The van der Waals surface area contributed by atoms with Gasteiger partial charge < -0.3 is 9.64 Å². The third-order valence-corrected chi connectivity index (χ3v) is 7.38. The second kappa shape index (κ2) is 6.73. The number of fused-ring (bicyclic) bond motifs is 4. The zero-order chi connectivity index (χ0) is 20.5. The van der Waals surface area contributed by atoms with E-state index >= 15 is 0 Å². The lowest BCUT2D eigenvalue weighted by atomic mass is 9.81. The minimum atomic E-state index is -0.682. The summed E-state index contributed by atoms with van der Waals surface area (Å²) in [4.78, 5) is 35.2. The van der Waals surface area contributed by atoms with Crippen LogP contribution in [-0.4, -0.2) is 51.1 Å². The SMILES string of the molecule is O=C1N(c2cnc(N3C4CCC3COC4)nc2)c2nc(Cl)nc(Cl)c2C12CCCC2. The molecule has 6 rings (SSSR count). The molecular weight excluding hydrogens is 427 g/mol. The van der Waals surface area contributed by atoms with Crippen molar-refractivity contribution in [1.82, 2.24) is 19.9 Å². The second-order valence-electron chi connectivity index (χ2n) is 8.48. The van der Waals surface area contributed by atoms with E-state index < -0.39 is 5.41 Å². The van der Waals surface area contributed by atoms with Crippen molar-refractivity contribution in [3.63, 3.8) is 0 Å². The Morgan fingerprint density at radius 2 is 1.70 bits per heavy atom. The monoisotopic (exact) mass is 446 g/mol. The van der Waals surface area contributed by atoms with Gasteiger partial charge in [-0.2, -0.15) is 4.98 Å². The van der Waals surface area contributed by atoms with Crippen molar-refractivity contribution in [3.8, 4) is 0 Å². The Labute approximate surface area is 183 Å². The van der Waals surface area contributed by atoms with Gasteiger partial charge in [-0.3, -0.25) is 9.69 Å². The van der Waals surface area contributed by atoms with E-state index in [4.69, 9.17) is 27.9 Å². The molecule has 0 N–H and O–H groups in total. The van der Waals surface area contributed by atoms with Gasteiger partial charge in [0.15, 0.2) is 5.82 Å². The number of nitrogens with zero attached hydrogens (tertiary/aromatic N) is 6. The summed E-state index contributed by atoms with van der Waals surface area (Å²) < 4.78 is 5.65. The van der Waals surface area contributed by atoms with E-state index in [2.05, 4.69) is 24.8 Å². The van der Waals surface area contributed by atoms with Gasteiger partial charge in [-0.25, -0.2) is 15.0 Å². The maximum atomic E-state index is 13.6. The molecule has 3 fully saturated rings. The van der Waals surface area contributed by atoms with Crippen LogP contribution < -0.4 is 9.80 Å². The van der Waals surface area contributed by atoms with Crippen LogP contribution in [0.2, 0.25) is 10.4 Å². The van der Waals surface area contributed by atoms with Gasteiger partial charge in [0, 0.05) is 5.56 Å². The predicted molar refractivity (Wildman–Crippen MR) is 111 cm³/mol. The molecule has 10 heteroatoms. The molecule has 3 aliphatic heterocycles. The molecule has 0 radical (unpaired) electrons. The number of hydrogen-bond acceptors (Lipinski definition) is 7. The zero-order valence-electron chi connectivity index (χ0n) is 16.2. The molecule has 156 valence electrons. The average molecular weight is 447 g/mol. The van der Waals surface area contributed by atoms with E-state index in [9.17, 15) is 4.79 Å². The Morgan fingerprint density at radius 3 is 2.37 bits per heavy atom. The van der Waals surface area contributed by atoms with Gasteiger partial charge in [-0.1, -0.05) is 24.4 Å². The number of rotatable bonds is 2. The van der Waals surface area contributed by atoms with Crippen molar-refractivity contribution >= 4 is 46.6 Å². The molecule has 30 heavy (non-hydrogen) atoms. The lowest BCUT2D eigenvalue weighted by Crippen LogP contribution is -2.46. The summed E-state index contributed by atoms with van der Waals surface area (Å²) in [7, 11) is 0. The predicted octanol–water partition coefficient (Wildman–Crippen LogP) is 3.43. The fourth-order valence-corrected chi connectivity index (χ4v) is 6.14. The third-order valence-electron chi connectivity index (χ3n) is 6.93. The maximum Gasteiger partial charge on any atom is 0.243 e. The Bertz CT molecular complexity index is 1010. The van der Waals surface area contributed by atoms with E-state index in [1.165, 1.54) is 0 Å². The van der Waals surface area contributed by atoms with Crippen molar-refractivity contribution < 1.29 is 9.53 Å². The number of amides is 1. The first kappa shape index (κ1) is 18.7. The molecule has 1 aliphatic carbocycles. The number of ether oxygens (including phenoxy) is 1. The van der Waals surface area contributed by atoms with Crippen LogP contribution in [0.1, 0.15) is 44.1 Å². The van der Waals surface area contributed by atoms with E-state index in [0.717, 1.165) is 38.5 Å². The number of hydrogen-bond donors (Lipinski definition) is 0. The van der Waals surface area contributed by atoms with Gasteiger partial charge in [0.2, 0.25) is 17.1 Å². The van der Waals surface area contributed by atoms with Crippen LogP contribution in [0.25, 0.3) is 0 Å². The third kappa shape index (κ3) is 2.53. The summed E-state index contributed by atoms with van der Waals surface area (Å²) in [6, 6.07) is 0.631. The normalized spacial score (nSPS) is 26.7. The fourth-order valence-electron chi connectivity index (χ4n) is 5.59. The standard InChI is InChI=1S/C20H20Cl2N6O2/c21-15-14-16(26-18(22)25-15)28(17(29)20(14)5-1-2-6-20)13-7-23-19(24-8-13)27-11-3-4-12(27)10-30-9-11/h7-8,11-12H,1-6,9-10H2. The maximum absolute atomic E-state index is 13.6. The molecule has 1 amide bonds. The van der Waals surface area contributed by atoms with E-state index in [0.29, 0.717) is 48.3 Å². The van der Waals surface area contributed by atoms with Gasteiger partial charge in [-0.05, 0) is 37.3 Å². The average Bonchev–Trinajstić information content (AvgIpc) is 3.38. The van der Waals surface area contributed by atoms with Gasteiger partial charge in [-0.15, -0.1) is 0 Å². The Hall–Kier alpha value is -2.03. The van der Waals surface area contributed by atoms with Gasteiger partial charge in [0.05, 0.1) is 48.8 Å². The zero-order valence-corrected chi connectivity index (χ0v) is 17.7. The first-order valence-electron chi connectivity index (χ1n) is 10.3. The molecule has 0 aromatic carbocycles. The molecule has 4 aliphatic rings. The van der Waals surface area contributed by atoms with Crippen LogP contribution in [0.3, 0.4) is 0 Å².